The quantitative estimate of drug-likeness (QED) is 0.437. The third-order valence-corrected chi connectivity index (χ3v) is 3.64. The molecule has 21 heavy (non-hydrogen) atoms. The summed E-state index contributed by atoms with van der Waals surface area (Å²) in [6, 6.07) is 16.8. The third kappa shape index (κ3) is 2.45. The Labute approximate surface area is 132 Å². The van der Waals surface area contributed by atoms with E-state index in [1.807, 2.05) is 13.0 Å². The van der Waals surface area contributed by atoms with Crippen molar-refractivity contribution in [2.45, 2.75) is 6.92 Å². The number of allylic oxidation sites excluding steroid dienone is 3. The molecule has 1 heterocycles. The van der Waals surface area contributed by atoms with Gasteiger partial charge in [-0.3, -0.25) is 4.99 Å². The fourth-order valence-electron chi connectivity index (χ4n) is 2.66. The first-order valence-corrected chi connectivity index (χ1v) is 7.50. The van der Waals surface area contributed by atoms with E-state index in [-0.39, 0.29) is 0 Å². The van der Waals surface area contributed by atoms with Gasteiger partial charge in [0.15, 0.2) is 0 Å². The van der Waals surface area contributed by atoms with Crippen LogP contribution in [-0.2, 0) is 0 Å². The van der Waals surface area contributed by atoms with Crippen molar-refractivity contribution >= 4 is 50.2 Å². The van der Waals surface area contributed by atoms with E-state index in [0.717, 1.165) is 10.2 Å². The predicted molar refractivity (Wildman–Crippen MR) is 96.0 cm³/mol. The molecule has 0 atom stereocenters. The average Bonchev–Trinajstić information content (AvgIpc) is 2.81. The lowest BCUT2D eigenvalue weighted by Crippen LogP contribution is -1.94. The number of hydrogen-bond acceptors (Lipinski definition) is 1. The molecule has 3 rings (SSSR count). The van der Waals surface area contributed by atoms with Crippen LogP contribution < -0.4 is 0 Å². The summed E-state index contributed by atoms with van der Waals surface area (Å²) >= 11 is 3.50. The van der Waals surface area contributed by atoms with Crippen LogP contribution in [0.4, 0.5) is 0 Å². The second kappa shape index (κ2) is 5.70. The summed E-state index contributed by atoms with van der Waals surface area (Å²) in [5.74, 6) is 0. The van der Waals surface area contributed by atoms with Gasteiger partial charge in [0.1, 0.15) is 0 Å². The molecule has 0 spiro atoms. The maximum absolute atomic E-state index is 3.96. The van der Waals surface area contributed by atoms with Crippen molar-refractivity contribution in [2.75, 3.05) is 0 Å². The van der Waals surface area contributed by atoms with Gasteiger partial charge in [0, 0.05) is 10.8 Å². The SMILES string of the molecule is C=NC=C(C=C(C)Br)n1c2ccccc2c2ccccc21. The zero-order valence-corrected chi connectivity index (χ0v) is 13.3. The van der Waals surface area contributed by atoms with Crippen LogP contribution in [-0.4, -0.2) is 11.3 Å². The molecule has 0 aliphatic rings. The molecule has 2 aromatic carbocycles. The minimum absolute atomic E-state index is 0.983. The number of aliphatic imine (C=N–C) groups is 1. The zero-order chi connectivity index (χ0) is 14.8. The summed E-state index contributed by atoms with van der Waals surface area (Å²) in [6.45, 7) is 5.60. The fraction of sp³-hybridized carbons (Fsp3) is 0.0556. The van der Waals surface area contributed by atoms with Crippen molar-refractivity contribution in [1.82, 2.24) is 4.57 Å². The molecule has 0 N–H and O–H groups in total. The summed E-state index contributed by atoms with van der Waals surface area (Å²) in [5, 5.41) is 2.48. The monoisotopic (exact) mass is 338 g/mol. The molecule has 0 radical (unpaired) electrons. The van der Waals surface area contributed by atoms with Gasteiger partial charge < -0.3 is 4.57 Å². The van der Waals surface area contributed by atoms with Crippen molar-refractivity contribution in [2.24, 2.45) is 4.99 Å². The number of aromatic nitrogens is 1. The van der Waals surface area contributed by atoms with Gasteiger partial charge in [0.25, 0.3) is 0 Å². The van der Waals surface area contributed by atoms with Gasteiger partial charge in [-0.15, -0.1) is 0 Å². The molecule has 104 valence electrons. The molecule has 0 aliphatic carbocycles. The summed E-state index contributed by atoms with van der Waals surface area (Å²) < 4.78 is 3.25. The number of benzene rings is 2. The van der Waals surface area contributed by atoms with Gasteiger partial charge in [-0.25, -0.2) is 0 Å². The van der Waals surface area contributed by atoms with E-state index in [1.165, 1.54) is 21.8 Å². The van der Waals surface area contributed by atoms with Crippen LogP contribution in [0, 0.1) is 0 Å². The van der Waals surface area contributed by atoms with Gasteiger partial charge in [-0.2, -0.15) is 0 Å². The van der Waals surface area contributed by atoms with Gasteiger partial charge in [0.05, 0.1) is 22.9 Å². The Morgan fingerprint density at radius 1 is 1.05 bits per heavy atom. The summed E-state index contributed by atoms with van der Waals surface area (Å²) in [7, 11) is 0. The fourth-order valence-corrected chi connectivity index (χ4v) is 2.89. The smallest absolute Gasteiger partial charge is 0.0652 e. The Morgan fingerprint density at radius 2 is 1.57 bits per heavy atom. The predicted octanol–water partition coefficient (Wildman–Crippen LogP) is 5.59. The van der Waals surface area contributed by atoms with E-state index >= 15 is 0 Å². The number of hydrogen-bond donors (Lipinski definition) is 0. The van der Waals surface area contributed by atoms with Crippen LogP contribution in [0.1, 0.15) is 6.92 Å². The number of halogens is 1. The normalized spacial score (nSPS) is 13.0. The van der Waals surface area contributed by atoms with Crippen LogP contribution in [0.2, 0.25) is 0 Å². The molecular formula is C18H15BrN2. The second-order valence-corrected chi connectivity index (χ2v) is 6.09. The first kappa shape index (κ1) is 13.8. The van der Waals surface area contributed by atoms with Crippen molar-refractivity contribution in [3.05, 3.63) is 65.3 Å². The Balaban J connectivity index is 2.46. The van der Waals surface area contributed by atoms with Crippen molar-refractivity contribution < 1.29 is 0 Å². The van der Waals surface area contributed by atoms with E-state index in [2.05, 4.69) is 80.7 Å². The Hall–Kier alpha value is -2.13. The number of para-hydroxylation sites is 2. The molecule has 0 amide bonds. The summed E-state index contributed by atoms with van der Waals surface area (Å²) in [6.07, 6.45) is 3.83. The Morgan fingerprint density at radius 3 is 2.05 bits per heavy atom. The maximum atomic E-state index is 3.96. The molecule has 0 saturated heterocycles. The van der Waals surface area contributed by atoms with Gasteiger partial charge >= 0.3 is 0 Å². The highest BCUT2D eigenvalue weighted by Gasteiger charge is 2.11. The van der Waals surface area contributed by atoms with Crippen molar-refractivity contribution in [3.8, 4) is 0 Å². The van der Waals surface area contributed by atoms with E-state index in [0.29, 0.717) is 0 Å². The lowest BCUT2D eigenvalue weighted by atomic mass is 10.2. The highest BCUT2D eigenvalue weighted by molar-refractivity contribution is 9.11. The van der Waals surface area contributed by atoms with Crippen molar-refractivity contribution in [3.63, 3.8) is 0 Å². The largest absolute Gasteiger partial charge is 0.308 e. The Kier molecular flexibility index (Phi) is 3.76. The molecule has 2 nitrogen and oxygen atoms in total. The topological polar surface area (TPSA) is 17.3 Å². The van der Waals surface area contributed by atoms with E-state index in [9.17, 15) is 0 Å². The van der Waals surface area contributed by atoms with Crippen LogP contribution in [0.3, 0.4) is 0 Å². The highest BCUT2D eigenvalue weighted by atomic mass is 79.9. The van der Waals surface area contributed by atoms with Crippen LogP contribution in [0.25, 0.3) is 27.5 Å². The maximum Gasteiger partial charge on any atom is 0.0652 e. The van der Waals surface area contributed by atoms with Gasteiger partial charge in [-0.05, 0) is 36.3 Å². The summed E-state index contributed by atoms with van der Waals surface area (Å²) in [4.78, 5) is 3.96. The van der Waals surface area contributed by atoms with Gasteiger partial charge in [0.2, 0.25) is 0 Å². The number of nitrogens with zero attached hydrogens (tertiary/aromatic N) is 2. The van der Waals surface area contributed by atoms with E-state index < -0.39 is 0 Å². The third-order valence-electron chi connectivity index (χ3n) is 3.41. The van der Waals surface area contributed by atoms with Crippen LogP contribution >= 0.6 is 15.9 Å². The standard InChI is InChI=1S/C18H15BrN2/c1-13(19)11-14(12-20-2)21-17-9-5-3-7-15(17)16-8-4-6-10-18(16)21/h3-12H,2H2,1H3. The van der Waals surface area contributed by atoms with Gasteiger partial charge in [-0.1, -0.05) is 52.3 Å². The lowest BCUT2D eigenvalue weighted by molar-refractivity contribution is 1.22. The first-order chi connectivity index (χ1) is 10.2. The molecular weight excluding hydrogens is 324 g/mol. The van der Waals surface area contributed by atoms with E-state index in [1.54, 1.807) is 6.20 Å². The lowest BCUT2D eigenvalue weighted by Gasteiger charge is -2.08. The number of fused-ring (bicyclic) bond motifs is 3. The Bertz CT molecular complexity index is 827. The molecule has 0 aliphatic heterocycles. The molecule has 0 bridgehead atoms. The minimum atomic E-state index is 0.983. The summed E-state index contributed by atoms with van der Waals surface area (Å²) in [5.41, 5.74) is 3.31. The molecule has 0 fully saturated rings. The molecule has 3 heteroatoms. The molecule has 3 aromatic rings. The molecule has 1 aromatic heterocycles. The average molecular weight is 339 g/mol. The molecule has 0 unspecified atom stereocenters. The number of rotatable bonds is 3. The van der Waals surface area contributed by atoms with E-state index in [4.69, 9.17) is 0 Å². The second-order valence-electron chi connectivity index (χ2n) is 4.84. The zero-order valence-electron chi connectivity index (χ0n) is 11.8. The van der Waals surface area contributed by atoms with Crippen molar-refractivity contribution in [1.29, 1.82) is 0 Å². The van der Waals surface area contributed by atoms with Crippen LogP contribution in [0.5, 0.6) is 0 Å². The van der Waals surface area contributed by atoms with Crippen LogP contribution in [0.15, 0.2) is 70.3 Å². The first-order valence-electron chi connectivity index (χ1n) is 6.70. The highest BCUT2D eigenvalue weighted by Crippen LogP contribution is 2.32. The minimum Gasteiger partial charge on any atom is -0.308 e. The molecule has 0 saturated carbocycles.